The number of ether oxygens (including phenoxy) is 1. The van der Waals surface area contributed by atoms with Gasteiger partial charge in [0.05, 0.1) is 23.3 Å². The van der Waals surface area contributed by atoms with Crippen LogP contribution in [0.15, 0.2) is 36.4 Å². The molecule has 0 fully saturated rings. The second-order valence-electron chi connectivity index (χ2n) is 4.62. The van der Waals surface area contributed by atoms with E-state index in [2.05, 4.69) is 10.1 Å². The smallest absolute Gasteiger partial charge is 0.340 e. The average molecular weight is 322 g/mol. The van der Waals surface area contributed by atoms with Crippen molar-refractivity contribution in [3.63, 3.8) is 0 Å². The molecule has 0 aliphatic rings. The Labute approximate surface area is 131 Å². The standard InChI is InChI=1S/C16H13ClFNO3/c1-9-3-5-10(6-4-9)19-15(20)11-7-12(16(21)22-2)14(18)8-13(11)17/h3-8H,1-2H3,(H,19,20). The molecule has 114 valence electrons. The number of benzene rings is 2. The van der Waals surface area contributed by atoms with Gasteiger partial charge in [-0.15, -0.1) is 0 Å². The summed E-state index contributed by atoms with van der Waals surface area (Å²) in [5.41, 5.74) is 1.26. The molecule has 6 heteroatoms. The van der Waals surface area contributed by atoms with E-state index in [4.69, 9.17) is 11.6 Å². The van der Waals surface area contributed by atoms with Crippen molar-refractivity contribution in [1.82, 2.24) is 0 Å². The molecule has 2 aromatic carbocycles. The van der Waals surface area contributed by atoms with Crippen molar-refractivity contribution in [2.45, 2.75) is 6.92 Å². The van der Waals surface area contributed by atoms with Crippen molar-refractivity contribution in [3.8, 4) is 0 Å². The normalized spacial score (nSPS) is 10.2. The van der Waals surface area contributed by atoms with E-state index in [1.165, 1.54) is 0 Å². The molecule has 0 spiro atoms. The van der Waals surface area contributed by atoms with Crippen LogP contribution in [0.4, 0.5) is 10.1 Å². The zero-order valence-electron chi connectivity index (χ0n) is 11.9. The fraction of sp³-hybridized carbons (Fsp3) is 0.125. The van der Waals surface area contributed by atoms with E-state index in [-0.39, 0.29) is 16.1 Å². The molecule has 1 amide bonds. The molecule has 0 aliphatic heterocycles. The number of methoxy groups -OCH3 is 1. The molecule has 0 unspecified atom stereocenters. The average Bonchev–Trinajstić information content (AvgIpc) is 2.49. The molecule has 4 nitrogen and oxygen atoms in total. The van der Waals surface area contributed by atoms with Crippen LogP contribution in [0.2, 0.25) is 5.02 Å². The number of hydrogen-bond acceptors (Lipinski definition) is 3. The summed E-state index contributed by atoms with van der Waals surface area (Å²) in [5.74, 6) is -2.26. The maximum Gasteiger partial charge on any atom is 0.340 e. The Bertz CT molecular complexity index is 729. The summed E-state index contributed by atoms with van der Waals surface area (Å²) in [6, 6.07) is 9.12. The summed E-state index contributed by atoms with van der Waals surface area (Å²) in [5, 5.41) is 2.54. The number of esters is 1. The van der Waals surface area contributed by atoms with E-state index < -0.39 is 17.7 Å². The fourth-order valence-electron chi connectivity index (χ4n) is 1.82. The number of nitrogens with one attached hydrogen (secondary N) is 1. The quantitative estimate of drug-likeness (QED) is 0.874. The first-order valence-electron chi connectivity index (χ1n) is 6.37. The second-order valence-corrected chi connectivity index (χ2v) is 5.03. The predicted molar refractivity (Wildman–Crippen MR) is 81.9 cm³/mol. The van der Waals surface area contributed by atoms with E-state index in [0.29, 0.717) is 5.69 Å². The molecule has 2 aromatic rings. The number of hydrogen-bond donors (Lipinski definition) is 1. The molecule has 0 radical (unpaired) electrons. The van der Waals surface area contributed by atoms with Gasteiger partial charge in [-0.05, 0) is 31.2 Å². The van der Waals surface area contributed by atoms with Gasteiger partial charge in [0, 0.05) is 5.69 Å². The molecular weight excluding hydrogens is 309 g/mol. The molecule has 22 heavy (non-hydrogen) atoms. The van der Waals surface area contributed by atoms with Gasteiger partial charge in [0.2, 0.25) is 0 Å². The molecular formula is C16H13ClFNO3. The molecule has 0 aliphatic carbocycles. The van der Waals surface area contributed by atoms with Gasteiger partial charge in [-0.25, -0.2) is 9.18 Å². The Morgan fingerprint density at radius 3 is 2.36 bits per heavy atom. The Balaban J connectivity index is 2.32. The van der Waals surface area contributed by atoms with Crippen LogP contribution in [-0.2, 0) is 4.74 Å². The highest BCUT2D eigenvalue weighted by Gasteiger charge is 2.19. The molecule has 0 atom stereocenters. The lowest BCUT2D eigenvalue weighted by Crippen LogP contribution is -2.15. The van der Waals surface area contributed by atoms with Crippen LogP contribution in [0.3, 0.4) is 0 Å². The predicted octanol–water partition coefficient (Wildman–Crippen LogP) is 3.83. The Morgan fingerprint density at radius 2 is 1.77 bits per heavy atom. The Hall–Kier alpha value is -2.40. The van der Waals surface area contributed by atoms with Crippen LogP contribution in [0.25, 0.3) is 0 Å². The second kappa shape index (κ2) is 6.58. The lowest BCUT2D eigenvalue weighted by molar-refractivity contribution is 0.0595. The van der Waals surface area contributed by atoms with Gasteiger partial charge >= 0.3 is 5.97 Å². The van der Waals surface area contributed by atoms with E-state index in [9.17, 15) is 14.0 Å². The monoisotopic (exact) mass is 321 g/mol. The van der Waals surface area contributed by atoms with Crippen LogP contribution in [0, 0.1) is 12.7 Å². The number of anilines is 1. The van der Waals surface area contributed by atoms with Crippen LogP contribution in [0.5, 0.6) is 0 Å². The summed E-state index contributed by atoms with van der Waals surface area (Å²) >= 11 is 5.88. The van der Waals surface area contributed by atoms with Crippen molar-refractivity contribution in [1.29, 1.82) is 0 Å². The highest BCUT2D eigenvalue weighted by Crippen LogP contribution is 2.23. The zero-order chi connectivity index (χ0) is 16.3. The lowest BCUT2D eigenvalue weighted by Gasteiger charge is -2.09. The maximum atomic E-state index is 13.7. The van der Waals surface area contributed by atoms with Gasteiger partial charge < -0.3 is 10.1 Å². The van der Waals surface area contributed by atoms with Crippen molar-refractivity contribution >= 4 is 29.2 Å². The van der Waals surface area contributed by atoms with Crippen molar-refractivity contribution in [2.75, 3.05) is 12.4 Å². The molecule has 0 bridgehead atoms. The first-order chi connectivity index (χ1) is 10.4. The van der Waals surface area contributed by atoms with E-state index in [0.717, 1.165) is 24.8 Å². The SMILES string of the molecule is COC(=O)c1cc(C(=O)Nc2ccc(C)cc2)c(Cl)cc1F. The van der Waals surface area contributed by atoms with Crippen molar-refractivity contribution < 1.29 is 18.7 Å². The van der Waals surface area contributed by atoms with E-state index >= 15 is 0 Å². The summed E-state index contributed by atoms with van der Waals surface area (Å²) in [6.45, 7) is 1.92. The van der Waals surface area contributed by atoms with E-state index in [1.54, 1.807) is 12.1 Å². The van der Waals surface area contributed by atoms with Gasteiger partial charge in [0.15, 0.2) is 0 Å². The Kier molecular flexibility index (Phi) is 4.78. The largest absolute Gasteiger partial charge is 0.465 e. The topological polar surface area (TPSA) is 55.4 Å². The first-order valence-corrected chi connectivity index (χ1v) is 6.75. The minimum Gasteiger partial charge on any atom is -0.465 e. The van der Waals surface area contributed by atoms with Crippen molar-refractivity contribution in [3.05, 3.63) is 63.9 Å². The fourth-order valence-corrected chi connectivity index (χ4v) is 2.06. The van der Waals surface area contributed by atoms with Crippen LogP contribution < -0.4 is 5.32 Å². The van der Waals surface area contributed by atoms with Gasteiger partial charge in [-0.2, -0.15) is 0 Å². The minimum atomic E-state index is -0.876. The number of amides is 1. The first kappa shape index (κ1) is 16.0. The molecule has 0 saturated carbocycles. The van der Waals surface area contributed by atoms with Gasteiger partial charge in [0.1, 0.15) is 5.82 Å². The summed E-state index contributed by atoms with van der Waals surface area (Å²) in [4.78, 5) is 23.7. The van der Waals surface area contributed by atoms with Crippen LogP contribution in [0.1, 0.15) is 26.3 Å². The molecule has 1 N–H and O–H groups in total. The third-order valence-electron chi connectivity index (χ3n) is 3.02. The molecule has 0 heterocycles. The summed E-state index contributed by atoms with van der Waals surface area (Å²) in [6.07, 6.45) is 0. The number of carbonyl (C=O) groups is 2. The van der Waals surface area contributed by atoms with Gasteiger partial charge in [0.25, 0.3) is 5.91 Å². The molecule has 0 saturated heterocycles. The van der Waals surface area contributed by atoms with E-state index in [1.807, 2.05) is 19.1 Å². The van der Waals surface area contributed by atoms with Crippen molar-refractivity contribution in [2.24, 2.45) is 0 Å². The number of carbonyl (C=O) groups excluding carboxylic acids is 2. The third kappa shape index (κ3) is 3.43. The van der Waals surface area contributed by atoms with Crippen LogP contribution >= 0.6 is 11.6 Å². The Morgan fingerprint density at radius 1 is 1.14 bits per heavy atom. The third-order valence-corrected chi connectivity index (χ3v) is 3.33. The summed E-state index contributed by atoms with van der Waals surface area (Å²) < 4.78 is 18.2. The number of aryl methyl sites for hydroxylation is 1. The molecule has 0 aromatic heterocycles. The van der Waals surface area contributed by atoms with Gasteiger partial charge in [-0.3, -0.25) is 4.79 Å². The van der Waals surface area contributed by atoms with Crippen LogP contribution in [-0.4, -0.2) is 19.0 Å². The zero-order valence-corrected chi connectivity index (χ0v) is 12.7. The minimum absolute atomic E-state index is 0.0101. The highest BCUT2D eigenvalue weighted by molar-refractivity contribution is 6.34. The highest BCUT2D eigenvalue weighted by atomic mass is 35.5. The number of halogens is 2. The number of rotatable bonds is 3. The maximum absolute atomic E-state index is 13.7. The van der Waals surface area contributed by atoms with Gasteiger partial charge in [-0.1, -0.05) is 29.3 Å². The molecule has 2 rings (SSSR count). The summed E-state index contributed by atoms with van der Waals surface area (Å²) in [7, 11) is 1.13. The lowest BCUT2D eigenvalue weighted by atomic mass is 10.1.